The highest BCUT2D eigenvalue weighted by molar-refractivity contribution is 4.94. The van der Waals surface area contributed by atoms with Crippen LogP contribution in [0.5, 0.6) is 0 Å². The zero-order valence-electron chi connectivity index (χ0n) is 10.2. The SMILES string of the molecule is CCCCC(CCC)C1(C)CCCN1. The molecule has 0 amide bonds. The van der Waals surface area contributed by atoms with E-state index in [1.165, 1.54) is 51.5 Å². The molecule has 0 aromatic carbocycles. The van der Waals surface area contributed by atoms with E-state index in [-0.39, 0.29) is 0 Å². The van der Waals surface area contributed by atoms with Gasteiger partial charge in [-0.1, -0.05) is 33.1 Å². The van der Waals surface area contributed by atoms with Crippen molar-refractivity contribution >= 4 is 0 Å². The first-order valence-electron chi connectivity index (χ1n) is 6.48. The first kappa shape index (κ1) is 12.0. The molecule has 1 aliphatic rings. The molecule has 1 N–H and O–H groups in total. The second-order valence-corrected chi connectivity index (χ2v) is 5.08. The van der Waals surface area contributed by atoms with E-state index >= 15 is 0 Å². The van der Waals surface area contributed by atoms with Crippen LogP contribution in [-0.4, -0.2) is 12.1 Å². The largest absolute Gasteiger partial charge is 0.311 e. The molecule has 2 unspecified atom stereocenters. The van der Waals surface area contributed by atoms with Crippen molar-refractivity contribution in [1.82, 2.24) is 5.32 Å². The second-order valence-electron chi connectivity index (χ2n) is 5.08. The van der Waals surface area contributed by atoms with Crippen LogP contribution in [0.25, 0.3) is 0 Å². The van der Waals surface area contributed by atoms with Crippen LogP contribution in [0.1, 0.15) is 65.7 Å². The summed E-state index contributed by atoms with van der Waals surface area (Å²) in [6.07, 6.45) is 9.69. The van der Waals surface area contributed by atoms with Gasteiger partial charge in [-0.05, 0) is 45.1 Å². The molecule has 14 heavy (non-hydrogen) atoms. The Morgan fingerprint density at radius 3 is 2.50 bits per heavy atom. The van der Waals surface area contributed by atoms with Gasteiger partial charge in [0.1, 0.15) is 0 Å². The third-order valence-electron chi connectivity index (χ3n) is 3.85. The van der Waals surface area contributed by atoms with Crippen LogP contribution in [0.3, 0.4) is 0 Å². The van der Waals surface area contributed by atoms with Crippen LogP contribution in [-0.2, 0) is 0 Å². The predicted molar refractivity (Wildman–Crippen MR) is 63.6 cm³/mol. The van der Waals surface area contributed by atoms with Gasteiger partial charge in [-0.25, -0.2) is 0 Å². The van der Waals surface area contributed by atoms with E-state index < -0.39 is 0 Å². The molecular formula is C13H27N. The second kappa shape index (κ2) is 5.75. The summed E-state index contributed by atoms with van der Waals surface area (Å²) in [7, 11) is 0. The molecule has 1 saturated heterocycles. The summed E-state index contributed by atoms with van der Waals surface area (Å²) >= 11 is 0. The summed E-state index contributed by atoms with van der Waals surface area (Å²) in [6.45, 7) is 8.30. The molecule has 1 heterocycles. The number of hydrogen-bond acceptors (Lipinski definition) is 1. The fourth-order valence-corrected chi connectivity index (χ4v) is 2.85. The summed E-state index contributed by atoms with van der Waals surface area (Å²) in [4.78, 5) is 0. The van der Waals surface area contributed by atoms with Gasteiger partial charge in [-0.3, -0.25) is 0 Å². The maximum absolute atomic E-state index is 3.73. The number of rotatable bonds is 6. The van der Waals surface area contributed by atoms with Crippen LogP contribution < -0.4 is 5.32 Å². The van der Waals surface area contributed by atoms with E-state index in [4.69, 9.17) is 0 Å². The summed E-state index contributed by atoms with van der Waals surface area (Å²) in [5.74, 6) is 0.912. The van der Waals surface area contributed by atoms with Crippen molar-refractivity contribution < 1.29 is 0 Å². The molecule has 0 bridgehead atoms. The number of unbranched alkanes of at least 4 members (excludes halogenated alkanes) is 1. The maximum Gasteiger partial charge on any atom is 0.0181 e. The minimum absolute atomic E-state index is 0.463. The first-order valence-corrected chi connectivity index (χ1v) is 6.48. The Bertz CT molecular complexity index is 147. The molecule has 0 aromatic rings. The highest BCUT2D eigenvalue weighted by atomic mass is 15.0. The third-order valence-corrected chi connectivity index (χ3v) is 3.85. The fraction of sp³-hybridized carbons (Fsp3) is 1.00. The Labute approximate surface area is 89.7 Å². The van der Waals surface area contributed by atoms with Crippen LogP contribution in [0.4, 0.5) is 0 Å². The van der Waals surface area contributed by atoms with E-state index in [1.54, 1.807) is 0 Å². The Morgan fingerprint density at radius 1 is 1.21 bits per heavy atom. The molecule has 0 saturated carbocycles. The van der Waals surface area contributed by atoms with E-state index in [9.17, 15) is 0 Å². The van der Waals surface area contributed by atoms with Gasteiger partial charge in [0.05, 0.1) is 0 Å². The van der Waals surface area contributed by atoms with Gasteiger partial charge in [0.15, 0.2) is 0 Å². The zero-order chi connectivity index (χ0) is 10.4. The standard InChI is InChI=1S/C13H27N/c1-4-6-9-12(8-5-2)13(3)10-7-11-14-13/h12,14H,4-11H2,1-3H3. The molecule has 1 fully saturated rings. The van der Waals surface area contributed by atoms with Crippen LogP contribution in [0.15, 0.2) is 0 Å². The summed E-state index contributed by atoms with van der Waals surface area (Å²) in [5, 5.41) is 3.73. The van der Waals surface area contributed by atoms with Crippen molar-refractivity contribution in [1.29, 1.82) is 0 Å². The lowest BCUT2D eigenvalue weighted by Gasteiger charge is -2.34. The van der Waals surface area contributed by atoms with Crippen molar-refractivity contribution in [2.75, 3.05) is 6.54 Å². The van der Waals surface area contributed by atoms with E-state index in [1.807, 2.05) is 0 Å². The maximum atomic E-state index is 3.73. The lowest BCUT2D eigenvalue weighted by Crippen LogP contribution is -2.43. The normalized spacial score (nSPS) is 29.4. The lowest BCUT2D eigenvalue weighted by atomic mass is 9.78. The van der Waals surface area contributed by atoms with Crippen LogP contribution >= 0.6 is 0 Å². The minimum Gasteiger partial charge on any atom is -0.311 e. The predicted octanol–water partition coefficient (Wildman–Crippen LogP) is 3.74. The molecule has 1 rings (SSSR count). The molecule has 84 valence electrons. The van der Waals surface area contributed by atoms with E-state index in [0.29, 0.717) is 5.54 Å². The number of hydrogen-bond donors (Lipinski definition) is 1. The zero-order valence-corrected chi connectivity index (χ0v) is 10.2. The van der Waals surface area contributed by atoms with Crippen molar-refractivity contribution in [3.8, 4) is 0 Å². The van der Waals surface area contributed by atoms with Gasteiger partial charge in [-0.2, -0.15) is 0 Å². The Balaban J connectivity index is 2.46. The molecule has 0 aliphatic carbocycles. The van der Waals surface area contributed by atoms with Gasteiger partial charge in [0, 0.05) is 5.54 Å². The van der Waals surface area contributed by atoms with E-state index in [0.717, 1.165) is 5.92 Å². The molecular weight excluding hydrogens is 170 g/mol. The third kappa shape index (κ3) is 2.98. The average molecular weight is 197 g/mol. The molecule has 0 aromatic heterocycles. The first-order chi connectivity index (χ1) is 6.73. The van der Waals surface area contributed by atoms with Crippen molar-refractivity contribution in [2.45, 2.75) is 71.3 Å². The summed E-state index contributed by atoms with van der Waals surface area (Å²) in [5.41, 5.74) is 0.463. The average Bonchev–Trinajstić information content (AvgIpc) is 2.60. The Kier molecular flexibility index (Phi) is 4.94. The minimum atomic E-state index is 0.463. The Morgan fingerprint density at radius 2 is 2.00 bits per heavy atom. The van der Waals surface area contributed by atoms with Gasteiger partial charge < -0.3 is 5.32 Å². The lowest BCUT2D eigenvalue weighted by molar-refractivity contribution is 0.226. The van der Waals surface area contributed by atoms with Crippen molar-refractivity contribution in [2.24, 2.45) is 5.92 Å². The van der Waals surface area contributed by atoms with Crippen LogP contribution in [0.2, 0.25) is 0 Å². The summed E-state index contributed by atoms with van der Waals surface area (Å²) < 4.78 is 0. The topological polar surface area (TPSA) is 12.0 Å². The van der Waals surface area contributed by atoms with Crippen molar-refractivity contribution in [3.05, 3.63) is 0 Å². The van der Waals surface area contributed by atoms with E-state index in [2.05, 4.69) is 26.1 Å². The molecule has 0 spiro atoms. The van der Waals surface area contributed by atoms with Crippen LogP contribution in [0, 0.1) is 5.92 Å². The quantitative estimate of drug-likeness (QED) is 0.684. The Hall–Kier alpha value is -0.0400. The highest BCUT2D eigenvalue weighted by Crippen LogP contribution is 2.33. The van der Waals surface area contributed by atoms with Gasteiger partial charge in [0.25, 0.3) is 0 Å². The molecule has 1 heteroatoms. The summed E-state index contributed by atoms with van der Waals surface area (Å²) in [6, 6.07) is 0. The smallest absolute Gasteiger partial charge is 0.0181 e. The van der Waals surface area contributed by atoms with Gasteiger partial charge in [-0.15, -0.1) is 0 Å². The molecule has 0 radical (unpaired) electrons. The number of nitrogens with one attached hydrogen (secondary N) is 1. The van der Waals surface area contributed by atoms with Crippen molar-refractivity contribution in [3.63, 3.8) is 0 Å². The fourth-order valence-electron chi connectivity index (χ4n) is 2.85. The molecule has 1 aliphatic heterocycles. The van der Waals surface area contributed by atoms with Gasteiger partial charge in [0.2, 0.25) is 0 Å². The monoisotopic (exact) mass is 197 g/mol. The highest BCUT2D eigenvalue weighted by Gasteiger charge is 2.35. The van der Waals surface area contributed by atoms with Gasteiger partial charge >= 0.3 is 0 Å². The molecule has 2 atom stereocenters. The molecule has 1 nitrogen and oxygen atoms in total.